The van der Waals surface area contributed by atoms with Crippen molar-refractivity contribution in [3.63, 3.8) is 0 Å². The minimum Gasteiger partial charge on any atom is -0.464 e. The molecule has 116 valence electrons. The predicted molar refractivity (Wildman–Crippen MR) is 92.6 cm³/mol. The van der Waals surface area contributed by atoms with Crippen LogP contribution in [0, 0.1) is 32.2 Å². The molecule has 1 heterocycles. The summed E-state index contributed by atoms with van der Waals surface area (Å²) in [4.78, 5) is 16.0. The van der Waals surface area contributed by atoms with Crippen LogP contribution in [0.2, 0.25) is 0 Å². The number of carbonyl (C=O) groups excluding carboxylic acids is 1. The maximum Gasteiger partial charge on any atom is 0.357 e. The van der Waals surface area contributed by atoms with Crippen molar-refractivity contribution >= 4 is 15.5 Å². The van der Waals surface area contributed by atoms with Crippen molar-refractivity contribution in [2.75, 3.05) is 7.11 Å². The van der Waals surface area contributed by atoms with Crippen LogP contribution in [0.3, 0.4) is 0 Å². The summed E-state index contributed by atoms with van der Waals surface area (Å²) in [6.07, 6.45) is 0. The number of benzene rings is 1. The van der Waals surface area contributed by atoms with Gasteiger partial charge in [-0.2, -0.15) is 0 Å². The first-order chi connectivity index (χ1) is 11.0. The van der Waals surface area contributed by atoms with E-state index in [1.807, 2.05) is 19.1 Å². The van der Waals surface area contributed by atoms with Crippen LogP contribution in [-0.4, -0.2) is 27.6 Å². The lowest BCUT2D eigenvalue weighted by Crippen LogP contribution is -2.08. The Morgan fingerprint density at radius 2 is 1.87 bits per heavy atom. The SMILES string of the molecule is COC(=O)c1nc(C)ccc1C#C[Si]Cc1cc(C)cc(C)c1. The van der Waals surface area contributed by atoms with Crippen LogP contribution in [0.5, 0.6) is 0 Å². The van der Waals surface area contributed by atoms with Crippen LogP contribution in [0.4, 0.5) is 0 Å². The standard InChI is InChI=1S/C19H19NO2Si/c1-13-9-14(2)11-16(10-13)12-23-8-7-17-6-5-15(3)20-18(17)19(21)22-4/h5-6,9-11H,12H2,1-4H3. The van der Waals surface area contributed by atoms with Crippen molar-refractivity contribution in [2.24, 2.45) is 0 Å². The van der Waals surface area contributed by atoms with Gasteiger partial charge in [0.1, 0.15) is 0 Å². The van der Waals surface area contributed by atoms with Crippen molar-refractivity contribution in [2.45, 2.75) is 26.8 Å². The minimum absolute atomic E-state index is 0.288. The van der Waals surface area contributed by atoms with Crippen LogP contribution in [0.1, 0.15) is 38.4 Å². The van der Waals surface area contributed by atoms with Crippen LogP contribution >= 0.6 is 0 Å². The van der Waals surface area contributed by atoms with Gasteiger partial charge in [0, 0.05) is 5.69 Å². The molecule has 23 heavy (non-hydrogen) atoms. The highest BCUT2D eigenvalue weighted by atomic mass is 28.2. The lowest BCUT2D eigenvalue weighted by atomic mass is 10.1. The van der Waals surface area contributed by atoms with Crippen molar-refractivity contribution in [3.05, 3.63) is 64.0 Å². The monoisotopic (exact) mass is 321 g/mol. The van der Waals surface area contributed by atoms with Crippen LogP contribution in [0.15, 0.2) is 30.3 Å². The smallest absolute Gasteiger partial charge is 0.357 e. The summed E-state index contributed by atoms with van der Waals surface area (Å²) in [7, 11) is 1.83. The first-order valence-electron chi connectivity index (χ1n) is 7.36. The summed E-state index contributed by atoms with van der Waals surface area (Å²) >= 11 is 0. The van der Waals surface area contributed by atoms with Crippen molar-refractivity contribution in [1.82, 2.24) is 4.98 Å². The van der Waals surface area contributed by atoms with Gasteiger partial charge in [-0.3, -0.25) is 0 Å². The van der Waals surface area contributed by atoms with Gasteiger partial charge in [0.15, 0.2) is 15.2 Å². The molecule has 4 heteroatoms. The zero-order chi connectivity index (χ0) is 16.8. The summed E-state index contributed by atoms with van der Waals surface area (Å²) in [6, 6.07) is 11.1. The van der Waals surface area contributed by atoms with Crippen molar-refractivity contribution < 1.29 is 9.53 Å². The second-order valence-electron chi connectivity index (χ2n) is 5.44. The van der Waals surface area contributed by atoms with E-state index in [4.69, 9.17) is 4.74 Å². The molecule has 2 aromatic rings. The van der Waals surface area contributed by atoms with E-state index in [0.29, 0.717) is 15.1 Å². The highest BCUT2D eigenvalue weighted by Crippen LogP contribution is 2.10. The fourth-order valence-corrected chi connectivity index (χ4v) is 3.06. The Kier molecular flexibility index (Phi) is 5.72. The lowest BCUT2D eigenvalue weighted by molar-refractivity contribution is 0.0593. The van der Waals surface area contributed by atoms with Crippen LogP contribution < -0.4 is 0 Å². The van der Waals surface area contributed by atoms with Crippen LogP contribution in [-0.2, 0) is 10.8 Å². The average molecular weight is 321 g/mol. The zero-order valence-electron chi connectivity index (χ0n) is 13.9. The Labute approximate surface area is 139 Å². The molecule has 0 fully saturated rings. The molecule has 0 spiro atoms. The molecule has 0 bridgehead atoms. The number of aromatic nitrogens is 1. The number of ether oxygens (including phenoxy) is 1. The Hall–Kier alpha value is -2.38. The van der Waals surface area contributed by atoms with E-state index < -0.39 is 5.97 Å². The van der Waals surface area contributed by atoms with E-state index in [0.717, 1.165) is 11.7 Å². The lowest BCUT2D eigenvalue weighted by Gasteiger charge is -2.03. The van der Waals surface area contributed by atoms with Gasteiger partial charge in [-0.15, -0.1) is 5.54 Å². The van der Waals surface area contributed by atoms with Gasteiger partial charge >= 0.3 is 5.97 Å². The van der Waals surface area contributed by atoms with E-state index in [-0.39, 0.29) is 5.69 Å². The summed E-state index contributed by atoms with van der Waals surface area (Å²) in [6.45, 7) is 6.04. The first-order valence-corrected chi connectivity index (χ1v) is 8.57. The number of hydrogen-bond acceptors (Lipinski definition) is 3. The molecule has 0 N–H and O–H groups in total. The molecule has 0 aliphatic carbocycles. The highest BCUT2D eigenvalue weighted by molar-refractivity contribution is 6.45. The van der Waals surface area contributed by atoms with Crippen LogP contribution in [0.25, 0.3) is 0 Å². The van der Waals surface area contributed by atoms with E-state index in [9.17, 15) is 4.79 Å². The largest absolute Gasteiger partial charge is 0.464 e. The third-order valence-electron chi connectivity index (χ3n) is 3.27. The number of pyridine rings is 1. The van der Waals surface area contributed by atoms with Crippen molar-refractivity contribution in [3.8, 4) is 11.5 Å². The van der Waals surface area contributed by atoms with E-state index in [1.54, 1.807) is 0 Å². The quantitative estimate of drug-likeness (QED) is 0.495. The number of aryl methyl sites for hydroxylation is 3. The Bertz CT molecular complexity index is 767. The average Bonchev–Trinajstić information content (AvgIpc) is 2.51. The molecule has 0 aliphatic rings. The molecule has 0 atom stereocenters. The van der Waals surface area contributed by atoms with E-state index >= 15 is 0 Å². The number of hydrogen-bond donors (Lipinski definition) is 0. The number of carbonyl (C=O) groups is 1. The predicted octanol–water partition coefficient (Wildman–Crippen LogP) is 3.01. The first kappa shape index (κ1) is 17.0. The molecule has 2 rings (SSSR count). The molecule has 3 nitrogen and oxygen atoms in total. The van der Waals surface area contributed by atoms with Gasteiger partial charge in [0.25, 0.3) is 0 Å². The maximum absolute atomic E-state index is 11.8. The zero-order valence-corrected chi connectivity index (χ0v) is 14.9. The minimum atomic E-state index is -0.448. The van der Waals surface area contributed by atoms with Gasteiger partial charge in [-0.1, -0.05) is 35.2 Å². The molecule has 0 saturated carbocycles. The summed E-state index contributed by atoms with van der Waals surface area (Å²) in [5.41, 5.74) is 8.68. The number of nitrogens with zero attached hydrogens (tertiary/aromatic N) is 1. The summed E-state index contributed by atoms with van der Waals surface area (Å²) in [5.74, 6) is 2.61. The van der Waals surface area contributed by atoms with Gasteiger partial charge in [-0.05, 0) is 44.5 Å². The molecule has 0 unspecified atom stereocenters. The van der Waals surface area contributed by atoms with Gasteiger partial charge in [0.05, 0.1) is 12.7 Å². The summed E-state index contributed by atoms with van der Waals surface area (Å²) < 4.78 is 4.77. The van der Waals surface area contributed by atoms with E-state index in [2.05, 4.69) is 48.5 Å². The third-order valence-corrected chi connectivity index (χ3v) is 4.16. The Balaban J connectivity index is 2.12. The number of methoxy groups -OCH3 is 1. The van der Waals surface area contributed by atoms with Gasteiger partial charge in [-0.25, -0.2) is 9.78 Å². The molecule has 1 aromatic carbocycles. The Morgan fingerprint density at radius 3 is 2.52 bits per heavy atom. The third kappa shape index (κ3) is 4.80. The number of esters is 1. The van der Waals surface area contributed by atoms with E-state index in [1.165, 1.54) is 23.8 Å². The topological polar surface area (TPSA) is 39.2 Å². The fraction of sp³-hybridized carbons (Fsp3) is 0.263. The second kappa shape index (κ2) is 7.75. The number of rotatable bonds is 3. The fourth-order valence-electron chi connectivity index (χ4n) is 2.34. The maximum atomic E-state index is 11.8. The molecular weight excluding hydrogens is 302 g/mol. The molecule has 1 aromatic heterocycles. The normalized spacial score (nSPS) is 9.91. The molecule has 0 amide bonds. The molecule has 0 aliphatic heterocycles. The van der Waals surface area contributed by atoms with Gasteiger partial charge < -0.3 is 4.74 Å². The highest BCUT2D eigenvalue weighted by Gasteiger charge is 2.12. The van der Waals surface area contributed by atoms with Gasteiger partial charge in [0.2, 0.25) is 0 Å². The molecule has 0 saturated heterocycles. The van der Waals surface area contributed by atoms with Crippen molar-refractivity contribution in [1.29, 1.82) is 0 Å². The summed E-state index contributed by atoms with van der Waals surface area (Å²) in [5, 5.41) is 0. The molecule has 2 radical (unpaired) electrons. The second-order valence-corrected chi connectivity index (χ2v) is 6.40. The Morgan fingerprint density at radius 1 is 1.17 bits per heavy atom. The molecular formula is C19H19NO2Si.